The van der Waals surface area contributed by atoms with Gasteiger partial charge >= 0.3 is 0 Å². The molecule has 1 aliphatic heterocycles. The number of rotatable bonds is 0. The highest BCUT2D eigenvalue weighted by Gasteiger charge is 1.93. The first-order valence-corrected chi connectivity index (χ1v) is 4.22. The molecule has 0 bridgehead atoms. The first-order chi connectivity index (χ1) is 4.41. The Morgan fingerprint density at radius 3 is 1.78 bits per heavy atom. The van der Waals surface area contributed by atoms with Crippen molar-refractivity contribution < 1.29 is 0 Å². The predicted octanol–water partition coefficient (Wildman–Crippen LogP) is 2.00. The third-order valence-electron chi connectivity index (χ3n) is 1.21. The van der Waals surface area contributed by atoms with Crippen LogP contribution >= 0.6 is 11.6 Å². The minimum atomic E-state index is 0.722. The number of alkyl halides is 1. The molecular formula is C7H16ClN. The molecular weight excluding hydrogens is 134 g/mol. The van der Waals surface area contributed by atoms with Crippen LogP contribution in [0.2, 0.25) is 0 Å². The van der Waals surface area contributed by atoms with Gasteiger partial charge in [0.05, 0.1) is 0 Å². The number of piperidine rings is 1. The molecule has 1 fully saturated rings. The van der Waals surface area contributed by atoms with Crippen molar-refractivity contribution >= 4 is 11.6 Å². The lowest BCUT2D eigenvalue weighted by Crippen LogP contribution is -2.21. The standard InChI is InChI=1S/C5H11N.C2H5Cl/c1-2-4-6-5-3-1;1-2-3/h6H,1-5H2;2H2,1H3. The van der Waals surface area contributed by atoms with Crippen molar-refractivity contribution in [3.05, 3.63) is 0 Å². The number of hydrogen-bond donors (Lipinski definition) is 1. The Balaban J connectivity index is 0.000000187. The third-order valence-corrected chi connectivity index (χ3v) is 1.21. The lowest BCUT2D eigenvalue weighted by atomic mass is 10.2. The van der Waals surface area contributed by atoms with E-state index in [1.54, 1.807) is 0 Å². The van der Waals surface area contributed by atoms with E-state index in [-0.39, 0.29) is 0 Å². The molecule has 1 aliphatic rings. The Kier molecular flexibility index (Phi) is 8.48. The zero-order chi connectivity index (χ0) is 6.95. The lowest BCUT2D eigenvalue weighted by Gasteiger charge is -2.08. The average Bonchev–Trinajstić information content (AvgIpc) is 1.93. The van der Waals surface area contributed by atoms with Crippen molar-refractivity contribution in [2.75, 3.05) is 19.0 Å². The summed E-state index contributed by atoms with van der Waals surface area (Å²) in [5.41, 5.74) is 0. The Hall–Kier alpha value is 0.250. The van der Waals surface area contributed by atoms with E-state index in [0.29, 0.717) is 0 Å². The molecule has 0 aromatic carbocycles. The Morgan fingerprint density at radius 2 is 1.67 bits per heavy atom. The quantitative estimate of drug-likeness (QED) is 0.520. The maximum atomic E-state index is 5.00. The van der Waals surface area contributed by atoms with E-state index in [1.807, 2.05) is 6.92 Å². The Morgan fingerprint density at radius 1 is 1.22 bits per heavy atom. The van der Waals surface area contributed by atoms with Crippen LogP contribution in [-0.2, 0) is 0 Å². The average molecular weight is 150 g/mol. The summed E-state index contributed by atoms with van der Waals surface area (Å²) in [7, 11) is 0. The highest BCUT2D eigenvalue weighted by atomic mass is 35.5. The maximum Gasteiger partial charge on any atom is 0.0195 e. The molecule has 1 N–H and O–H groups in total. The van der Waals surface area contributed by atoms with Crippen molar-refractivity contribution in [3.8, 4) is 0 Å². The van der Waals surface area contributed by atoms with Crippen LogP contribution in [0.25, 0.3) is 0 Å². The molecule has 0 aliphatic carbocycles. The van der Waals surface area contributed by atoms with Gasteiger partial charge in [0.15, 0.2) is 0 Å². The lowest BCUT2D eigenvalue weighted by molar-refractivity contribution is 0.520. The van der Waals surface area contributed by atoms with Gasteiger partial charge in [-0.05, 0) is 25.9 Å². The molecule has 1 heterocycles. The van der Waals surface area contributed by atoms with Gasteiger partial charge in [-0.1, -0.05) is 13.3 Å². The highest BCUT2D eigenvalue weighted by Crippen LogP contribution is 1.96. The van der Waals surface area contributed by atoms with E-state index in [2.05, 4.69) is 5.32 Å². The molecule has 56 valence electrons. The number of nitrogens with one attached hydrogen (secondary N) is 1. The van der Waals surface area contributed by atoms with E-state index < -0.39 is 0 Å². The summed E-state index contributed by atoms with van der Waals surface area (Å²) in [5.74, 6) is 0.722. The van der Waals surface area contributed by atoms with Crippen LogP contribution in [0.15, 0.2) is 0 Å². The van der Waals surface area contributed by atoms with Gasteiger partial charge in [0.25, 0.3) is 0 Å². The second kappa shape index (κ2) is 8.25. The minimum Gasteiger partial charge on any atom is -0.317 e. The highest BCUT2D eigenvalue weighted by molar-refractivity contribution is 6.17. The first kappa shape index (κ1) is 9.25. The Bertz CT molecular complexity index is 32.7. The van der Waals surface area contributed by atoms with E-state index in [9.17, 15) is 0 Å². The predicted molar refractivity (Wildman–Crippen MR) is 43.1 cm³/mol. The fourth-order valence-corrected chi connectivity index (χ4v) is 0.802. The maximum absolute atomic E-state index is 5.00. The van der Waals surface area contributed by atoms with Crippen LogP contribution in [0.4, 0.5) is 0 Å². The van der Waals surface area contributed by atoms with Gasteiger partial charge in [0.2, 0.25) is 0 Å². The molecule has 0 aromatic rings. The van der Waals surface area contributed by atoms with Crippen LogP contribution in [0.1, 0.15) is 26.2 Å². The van der Waals surface area contributed by atoms with Gasteiger partial charge in [0.1, 0.15) is 0 Å². The molecule has 2 heteroatoms. The van der Waals surface area contributed by atoms with E-state index in [4.69, 9.17) is 11.6 Å². The summed E-state index contributed by atoms with van der Waals surface area (Å²) in [6, 6.07) is 0. The summed E-state index contributed by atoms with van der Waals surface area (Å²) >= 11 is 5.00. The summed E-state index contributed by atoms with van der Waals surface area (Å²) in [4.78, 5) is 0. The molecule has 0 unspecified atom stereocenters. The normalized spacial score (nSPS) is 18.0. The van der Waals surface area contributed by atoms with Crippen molar-refractivity contribution in [2.45, 2.75) is 26.2 Å². The second-order valence-electron chi connectivity index (χ2n) is 2.08. The first-order valence-electron chi connectivity index (χ1n) is 3.68. The van der Waals surface area contributed by atoms with E-state index in [1.165, 1.54) is 32.4 Å². The topological polar surface area (TPSA) is 12.0 Å². The van der Waals surface area contributed by atoms with Gasteiger partial charge < -0.3 is 5.32 Å². The molecule has 0 saturated carbocycles. The third kappa shape index (κ3) is 8.25. The van der Waals surface area contributed by atoms with Crippen molar-refractivity contribution in [3.63, 3.8) is 0 Å². The molecule has 0 spiro atoms. The SMILES string of the molecule is C1CCNCC1.CCCl. The summed E-state index contributed by atoms with van der Waals surface area (Å²) in [6.45, 7) is 4.39. The zero-order valence-electron chi connectivity index (χ0n) is 6.12. The summed E-state index contributed by atoms with van der Waals surface area (Å²) in [6.07, 6.45) is 4.22. The van der Waals surface area contributed by atoms with Gasteiger partial charge in [-0.2, -0.15) is 0 Å². The van der Waals surface area contributed by atoms with Gasteiger partial charge in [-0.3, -0.25) is 0 Å². The molecule has 1 rings (SSSR count). The molecule has 0 aromatic heterocycles. The van der Waals surface area contributed by atoms with Crippen LogP contribution in [-0.4, -0.2) is 19.0 Å². The number of halogens is 1. The molecule has 1 nitrogen and oxygen atoms in total. The van der Waals surface area contributed by atoms with Gasteiger partial charge in [-0.15, -0.1) is 11.6 Å². The smallest absolute Gasteiger partial charge is 0.0195 e. The van der Waals surface area contributed by atoms with Gasteiger partial charge in [0, 0.05) is 5.88 Å². The minimum absolute atomic E-state index is 0.722. The second-order valence-corrected chi connectivity index (χ2v) is 2.61. The van der Waals surface area contributed by atoms with Crippen molar-refractivity contribution in [1.82, 2.24) is 5.32 Å². The zero-order valence-corrected chi connectivity index (χ0v) is 6.88. The fraction of sp³-hybridized carbons (Fsp3) is 1.00. The van der Waals surface area contributed by atoms with E-state index >= 15 is 0 Å². The Labute approximate surface area is 62.8 Å². The fourth-order valence-electron chi connectivity index (χ4n) is 0.802. The molecule has 0 radical (unpaired) electrons. The van der Waals surface area contributed by atoms with Crippen molar-refractivity contribution in [1.29, 1.82) is 0 Å². The van der Waals surface area contributed by atoms with E-state index in [0.717, 1.165) is 5.88 Å². The van der Waals surface area contributed by atoms with Crippen LogP contribution in [0.5, 0.6) is 0 Å². The van der Waals surface area contributed by atoms with Crippen LogP contribution < -0.4 is 5.32 Å². The summed E-state index contributed by atoms with van der Waals surface area (Å²) in [5, 5.41) is 3.28. The molecule has 9 heavy (non-hydrogen) atoms. The van der Waals surface area contributed by atoms with Crippen LogP contribution in [0.3, 0.4) is 0 Å². The number of hydrogen-bond acceptors (Lipinski definition) is 1. The largest absolute Gasteiger partial charge is 0.317 e. The molecule has 0 atom stereocenters. The monoisotopic (exact) mass is 149 g/mol. The van der Waals surface area contributed by atoms with Crippen LogP contribution in [0, 0.1) is 0 Å². The van der Waals surface area contributed by atoms with Gasteiger partial charge in [-0.25, -0.2) is 0 Å². The summed E-state index contributed by atoms with van der Waals surface area (Å²) < 4.78 is 0. The molecule has 0 amide bonds. The van der Waals surface area contributed by atoms with Crippen molar-refractivity contribution in [2.24, 2.45) is 0 Å². The molecule has 1 saturated heterocycles.